The van der Waals surface area contributed by atoms with E-state index >= 15 is 0 Å². The second-order valence-electron chi connectivity index (χ2n) is 3.97. The summed E-state index contributed by atoms with van der Waals surface area (Å²) in [6.07, 6.45) is 1.15. The Kier molecular flexibility index (Phi) is 5.10. The van der Waals surface area contributed by atoms with Gasteiger partial charge in [0.15, 0.2) is 12.4 Å². The summed E-state index contributed by atoms with van der Waals surface area (Å²) < 4.78 is 10.0. The van der Waals surface area contributed by atoms with Crippen molar-refractivity contribution in [3.05, 3.63) is 57.3 Å². The second kappa shape index (κ2) is 7.23. The summed E-state index contributed by atoms with van der Waals surface area (Å²) in [5.74, 6) is -0.262. The Labute approximate surface area is 129 Å². The first-order valence-corrected chi connectivity index (χ1v) is 6.37. The van der Waals surface area contributed by atoms with Gasteiger partial charge in [0.05, 0.1) is 12.3 Å². The van der Waals surface area contributed by atoms with Crippen molar-refractivity contribution in [2.75, 3.05) is 6.61 Å². The van der Waals surface area contributed by atoms with Gasteiger partial charge in [0.2, 0.25) is 0 Å². The van der Waals surface area contributed by atoms with Crippen molar-refractivity contribution in [1.29, 1.82) is 0 Å². The monoisotopic (exact) mass is 323 g/mol. The molecule has 1 amide bonds. The van der Waals surface area contributed by atoms with Gasteiger partial charge in [-0.15, -0.1) is 0 Å². The van der Waals surface area contributed by atoms with Crippen molar-refractivity contribution >= 4 is 29.6 Å². The molecule has 0 radical (unpaired) electrons. The average Bonchev–Trinajstić information content (AvgIpc) is 2.96. The number of benzene rings is 1. The summed E-state index contributed by atoms with van der Waals surface area (Å²) in [6, 6.07) is 9.07. The van der Waals surface area contributed by atoms with Crippen LogP contribution in [0.15, 0.2) is 45.9 Å². The minimum Gasteiger partial charge on any atom is -0.484 e. The van der Waals surface area contributed by atoms with Crippen LogP contribution in [0.3, 0.4) is 0 Å². The van der Waals surface area contributed by atoms with Crippen molar-refractivity contribution in [3.63, 3.8) is 0 Å². The number of carbonyl (C=O) groups is 1. The summed E-state index contributed by atoms with van der Waals surface area (Å²) in [5.41, 5.74) is 2.20. The molecule has 1 aromatic carbocycles. The van der Waals surface area contributed by atoms with E-state index in [2.05, 4.69) is 10.5 Å². The number of hydrogen-bond donors (Lipinski definition) is 1. The average molecular weight is 324 g/mol. The Balaban J connectivity index is 1.78. The molecular formula is C13H10ClN3O5. The molecule has 1 N–H and O–H groups in total. The third kappa shape index (κ3) is 4.60. The zero-order chi connectivity index (χ0) is 15.9. The molecule has 114 valence electrons. The van der Waals surface area contributed by atoms with E-state index in [1.165, 1.54) is 12.1 Å². The number of amides is 1. The predicted octanol–water partition coefficient (Wildman–Crippen LogP) is 2.37. The third-order valence-corrected chi connectivity index (χ3v) is 2.61. The molecule has 1 heterocycles. The van der Waals surface area contributed by atoms with Crippen molar-refractivity contribution in [3.8, 4) is 5.75 Å². The van der Waals surface area contributed by atoms with Crippen LogP contribution in [0.1, 0.15) is 5.76 Å². The summed E-state index contributed by atoms with van der Waals surface area (Å²) in [6.45, 7) is -0.239. The van der Waals surface area contributed by atoms with E-state index in [4.69, 9.17) is 20.8 Å². The highest BCUT2D eigenvalue weighted by Gasteiger charge is 2.10. The fourth-order valence-corrected chi connectivity index (χ4v) is 1.52. The van der Waals surface area contributed by atoms with Crippen LogP contribution >= 0.6 is 11.6 Å². The van der Waals surface area contributed by atoms with E-state index in [0.717, 1.165) is 6.21 Å². The first-order chi connectivity index (χ1) is 10.5. The molecule has 0 bridgehead atoms. The number of hydrazone groups is 1. The summed E-state index contributed by atoms with van der Waals surface area (Å²) in [5, 5.41) is 14.6. The minimum absolute atomic E-state index is 0.144. The maximum Gasteiger partial charge on any atom is 0.433 e. The van der Waals surface area contributed by atoms with Gasteiger partial charge in [-0.25, -0.2) is 5.43 Å². The lowest BCUT2D eigenvalue weighted by Gasteiger charge is -2.04. The van der Waals surface area contributed by atoms with Crippen molar-refractivity contribution in [2.45, 2.75) is 0 Å². The summed E-state index contributed by atoms with van der Waals surface area (Å²) in [4.78, 5) is 21.2. The van der Waals surface area contributed by atoms with Crippen LogP contribution in [-0.4, -0.2) is 23.7 Å². The van der Waals surface area contributed by atoms with Gasteiger partial charge in [0, 0.05) is 5.02 Å². The van der Waals surface area contributed by atoms with Crippen LogP contribution in [0.5, 0.6) is 5.75 Å². The maximum absolute atomic E-state index is 11.5. The lowest BCUT2D eigenvalue weighted by Crippen LogP contribution is -2.24. The quantitative estimate of drug-likeness (QED) is 0.499. The number of furan rings is 1. The van der Waals surface area contributed by atoms with Gasteiger partial charge in [0.1, 0.15) is 10.7 Å². The van der Waals surface area contributed by atoms with Gasteiger partial charge in [-0.2, -0.15) is 5.10 Å². The fraction of sp³-hybridized carbons (Fsp3) is 0.0769. The Morgan fingerprint density at radius 3 is 2.73 bits per heavy atom. The lowest BCUT2D eigenvalue weighted by molar-refractivity contribution is -0.402. The van der Waals surface area contributed by atoms with Crippen LogP contribution < -0.4 is 10.2 Å². The molecule has 0 aliphatic heterocycles. The number of hydrogen-bond acceptors (Lipinski definition) is 6. The number of rotatable bonds is 6. The van der Waals surface area contributed by atoms with Crippen LogP contribution in [0.2, 0.25) is 5.02 Å². The minimum atomic E-state index is -0.671. The van der Waals surface area contributed by atoms with Gasteiger partial charge in [-0.05, 0) is 30.3 Å². The largest absolute Gasteiger partial charge is 0.484 e. The smallest absolute Gasteiger partial charge is 0.433 e. The normalized spacial score (nSPS) is 10.6. The topological polar surface area (TPSA) is 107 Å². The van der Waals surface area contributed by atoms with Gasteiger partial charge in [0.25, 0.3) is 5.91 Å². The Bertz CT molecular complexity index is 696. The molecule has 0 fully saturated rings. The number of nitrogens with zero attached hydrogens (tertiary/aromatic N) is 2. The van der Waals surface area contributed by atoms with E-state index in [1.54, 1.807) is 24.3 Å². The van der Waals surface area contributed by atoms with Crippen molar-refractivity contribution in [2.24, 2.45) is 5.10 Å². The van der Waals surface area contributed by atoms with E-state index < -0.39 is 16.7 Å². The Morgan fingerprint density at radius 1 is 1.36 bits per heavy atom. The van der Waals surface area contributed by atoms with Crippen molar-refractivity contribution in [1.82, 2.24) is 5.43 Å². The third-order valence-electron chi connectivity index (χ3n) is 2.36. The molecule has 2 rings (SSSR count). The molecule has 0 unspecified atom stereocenters. The van der Waals surface area contributed by atoms with Crippen LogP contribution in [-0.2, 0) is 4.79 Å². The molecule has 0 aliphatic rings. The van der Waals surface area contributed by atoms with E-state index in [9.17, 15) is 14.9 Å². The Hall–Kier alpha value is -2.87. The molecule has 0 spiro atoms. The maximum atomic E-state index is 11.5. The van der Waals surface area contributed by atoms with Gasteiger partial charge >= 0.3 is 5.88 Å². The van der Waals surface area contributed by atoms with Gasteiger partial charge in [-0.1, -0.05) is 11.6 Å². The zero-order valence-electron chi connectivity index (χ0n) is 11.1. The molecule has 9 heteroatoms. The number of nitrogens with one attached hydrogen (secondary N) is 1. The number of nitro groups is 1. The standard InChI is InChI=1S/C13H10ClN3O5/c14-9-1-3-10(4-2-9)21-8-12(18)16-15-7-11-5-6-13(22-11)17(19)20/h1-7H,8H2,(H,16,18)/b15-7+. The molecule has 22 heavy (non-hydrogen) atoms. The number of halogens is 1. The molecule has 8 nitrogen and oxygen atoms in total. The SMILES string of the molecule is O=C(COc1ccc(Cl)cc1)N/N=C/c1ccc([N+](=O)[O-])o1. The van der Waals surface area contributed by atoms with Crippen molar-refractivity contribution < 1.29 is 18.9 Å². The van der Waals surface area contributed by atoms with Crippen LogP contribution in [0, 0.1) is 10.1 Å². The van der Waals surface area contributed by atoms with E-state index in [1.807, 2.05) is 0 Å². The summed E-state index contributed by atoms with van der Waals surface area (Å²) >= 11 is 5.72. The second-order valence-corrected chi connectivity index (χ2v) is 4.41. The molecule has 0 saturated carbocycles. The molecule has 0 atom stereocenters. The van der Waals surface area contributed by atoms with E-state index in [0.29, 0.717) is 10.8 Å². The van der Waals surface area contributed by atoms with Gasteiger partial charge in [-0.3, -0.25) is 14.9 Å². The lowest BCUT2D eigenvalue weighted by atomic mass is 10.3. The Morgan fingerprint density at radius 2 is 2.09 bits per heavy atom. The molecular weight excluding hydrogens is 314 g/mol. The van der Waals surface area contributed by atoms with E-state index in [-0.39, 0.29) is 12.4 Å². The molecule has 0 saturated heterocycles. The number of carbonyl (C=O) groups excluding carboxylic acids is 1. The molecule has 0 aliphatic carbocycles. The highest BCUT2D eigenvalue weighted by atomic mass is 35.5. The number of ether oxygens (including phenoxy) is 1. The highest BCUT2D eigenvalue weighted by Crippen LogP contribution is 2.15. The molecule has 2 aromatic rings. The van der Waals surface area contributed by atoms with Crippen LogP contribution in [0.4, 0.5) is 5.88 Å². The predicted molar refractivity (Wildman–Crippen MR) is 78.0 cm³/mol. The van der Waals surface area contributed by atoms with Crippen LogP contribution in [0.25, 0.3) is 0 Å². The van der Waals surface area contributed by atoms with Gasteiger partial charge < -0.3 is 9.15 Å². The first-order valence-electron chi connectivity index (χ1n) is 5.99. The first kappa shape index (κ1) is 15.5. The fourth-order valence-electron chi connectivity index (χ4n) is 1.39. The zero-order valence-corrected chi connectivity index (χ0v) is 11.8. The highest BCUT2D eigenvalue weighted by molar-refractivity contribution is 6.30. The summed E-state index contributed by atoms with van der Waals surface area (Å²) in [7, 11) is 0. The molecule has 1 aromatic heterocycles.